The number of alkyl halides is 3. The molecule has 0 atom stereocenters. The fourth-order valence-corrected chi connectivity index (χ4v) is 4.50. The molecule has 1 aromatic heterocycles. The molecular weight excluding hydrogens is 511 g/mol. The van der Waals surface area contributed by atoms with Gasteiger partial charge in [-0.15, -0.1) is 5.10 Å². The second-order valence-corrected chi connectivity index (χ2v) is 9.35. The lowest BCUT2D eigenvalue weighted by Crippen LogP contribution is -2.29. The zero-order valence-corrected chi connectivity index (χ0v) is 19.2. The predicted molar refractivity (Wildman–Crippen MR) is 119 cm³/mol. The number of rotatable bonds is 5. The molecule has 0 bridgehead atoms. The Bertz CT molecular complexity index is 1410. The maximum atomic E-state index is 15.2. The van der Waals surface area contributed by atoms with Gasteiger partial charge >= 0.3 is 11.9 Å². The Hall–Kier alpha value is -3.41. The van der Waals surface area contributed by atoms with E-state index in [0.717, 1.165) is 36.1 Å². The van der Waals surface area contributed by atoms with Crippen molar-refractivity contribution in [2.24, 2.45) is 5.41 Å². The average Bonchev–Trinajstić information content (AvgIpc) is 3.48. The number of hydrogen-bond acceptors (Lipinski definition) is 4. The van der Waals surface area contributed by atoms with Crippen molar-refractivity contribution in [3.63, 3.8) is 0 Å². The van der Waals surface area contributed by atoms with Crippen molar-refractivity contribution in [2.75, 3.05) is 11.9 Å². The van der Waals surface area contributed by atoms with Crippen molar-refractivity contribution in [1.29, 1.82) is 0 Å². The van der Waals surface area contributed by atoms with Gasteiger partial charge < -0.3 is 10.1 Å². The molecule has 2 aliphatic rings. The lowest BCUT2D eigenvalue weighted by atomic mass is 9.95. The smallest absolute Gasteiger partial charge is 0.422 e. The average molecular weight is 529 g/mol. The number of nitrogens with one attached hydrogen (secondary N) is 1. The molecule has 1 saturated carbocycles. The van der Waals surface area contributed by atoms with Crippen molar-refractivity contribution in [3.05, 3.63) is 68.9 Å². The summed E-state index contributed by atoms with van der Waals surface area (Å²) in [6.07, 6.45) is -1.44. The molecule has 2 heterocycles. The topological polar surface area (TPSA) is 78.2 Å². The van der Waals surface area contributed by atoms with Crippen molar-refractivity contribution in [2.45, 2.75) is 38.4 Å². The maximum Gasteiger partial charge on any atom is 0.422 e. The molecule has 0 radical (unpaired) electrons. The highest BCUT2D eigenvalue weighted by molar-refractivity contribution is 6.34. The number of para-hydroxylation sites is 1. The van der Waals surface area contributed by atoms with Gasteiger partial charge in [-0.05, 0) is 42.9 Å². The molecule has 5 rings (SSSR count). The second kappa shape index (κ2) is 8.61. The molecule has 0 saturated heterocycles. The summed E-state index contributed by atoms with van der Waals surface area (Å²) in [5.41, 5.74) is -2.14. The maximum absolute atomic E-state index is 15.2. The Balaban J connectivity index is 1.55. The third-order valence-corrected chi connectivity index (χ3v) is 6.72. The van der Waals surface area contributed by atoms with E-state index in [0.29, 0.717) is 24.9 Å². The summed E-state index contributed by atoms with van der Waals surface area (Å²) in [6, 6.07) is 4.98. The van der Waals surface area contributed by atoms with Gasteiger partial charge in [0.1, 0.15) is 28.9 Å². The van der Waals surface area contributed by atoms with Gasteiger partial charge in [0, 0.05) is 19.0 Å². The number of hydrogen-bond donors (Lipinski definition) is 1. The number of aromatic nitrogens is 3. The SMILES string of the molecule is O=C(Nc1c(F)cccc1Cl)c1cc(F)c(-n2nc3n(c2=O)CCC2(CC2)C3)cc1OCC(F)(F)F. The minimum absolute atomic E-state index is 0.0983. The number of nitrogens with zero attached hydrogens (tertiary/aromatic N) is 3. The van der Waals surface area contributed by atoms with Gasteiger partial charge in [0.15, 0.2) is 6.61 Å². The first-order valence-electron chi connectivity index (χ1n) is 10.9. The Morgan fingerprint density at radius 3 is 2.58 bits per heavy atom. The monoisotopic (exact) mass is 528 g/mol. The first-order valence-corrected chi connectivity index (χ1v) is 11.3. The quantitative estimate of drug-likeness (QED) is 0.479. The lowest BCUT2D eigenvalue weighted by molar-refractivity contribution is -0.153. The fourth-order valence-electron chi connectivity index (χ4n) is 4.29. The van der Waals surface area contributed by atoms with E-state index in [-0.39, 0.29) is 10.4 Å². The van der Waals surface area contributed by atoms with Crippen LogP contribution in [0.2, 0.25) is 5.02 Å². The standard InChI is InChI=1S/C23H18ClF5N4O3/c24-13-2-1-3-14(25)19(13)30-20(34)12-8-15(26)16(9-17(12)36-11-23(27,28)29)33-21(35)32-7-6-22(4-5-22)10-18(32)31-33/h1-3,8-9H,4-7,10-11H2,(H,30,34). The van der Waals surface area contributed by atoms with E-state index >= 15 is 4.39 Å². The Labute approximate surface area is 205 Å². The Kier molecular flexibility index (Phi) is 5.81. The molecule has 2 aromatic carbocycles. The number of ether oxygens (including phenoxy) is 1. The second-order valence-electron chi connectivity index (χ2n) is 8.94. The van der Waals surface area contributed by atoms with E-state index in [2.05, 4.69) is 10.4 Å². The molecule has 190 valence electrons. The van der Waals surface area contributed by atoms with Gasteiger partial charge in [-0.3, -0.25) is 9.36 Å². The van der Waals surface area contributed by atoms with Gasteiger partial charge in [-0.2, -0.15) is 17.9 Å². The number of benzene rings is 2. The molecular formula is C23H18ClF5N4O3. The molecule has 1 amide bonds. The highest BCUT2D eigenvalue weighted by Gasteiger charge is 2.46. The largest absolute Gasteiger partial charge is 0.483 e. The van der Waals surface area contributed by atoms with Crippen LogP contribution in [0.25, 0.3) is 5.69 Å². The van der Waals surface area contributed by atoms with Crippen LogP contribution in [0.4, 0.5) is 27.6 Å². The summed E-state index contributed by atoms with van der Waals surface area (Å²) < 4.78 is 74.9. The van der Waals surface area contributed by atoms with Crippen LogP contribution in [-0.4, -0.2) is 33.0 Å². The molecule has 1 aliphatic carbocycles. The zero-order chi connectivity index (χ0) is 25.8. The van der Waals surface area contributed by atoms with Crippen LogP contribution < -0.4 is 15.7 Å². The molecule has 36 heavy (non-hydrogen) atoms. The molecule has 7 nitrogen and oxygen atoms in total. The van der Waals surface area contributed by atoms with Crippen LogP contribution in [0, 0.1) is 17.0 Å². The molecule has 1 spiro atoms. The van der Waals surface area contributed by atoms with Crippen LogP contribution in [0.1, 0.15) is 35.4 Å². The summed E-state index contributed by atoms with van der Waals surface area (Å²) in [7, 11) is 0. The van der Waals surface area contributed by atoms with E-state index in [1.807, 2.05) is 0 Å². The molecule has 1 N–H and O–H groups in total. The predicted octanol–water partition coefficient (Wildman–Crippen LogP) is 4.89. The van der Waals surface area contributed by atoms with Gasteiger partial charge in [-0.25, -0.2) is 13.6 Å². The summed E-state index contributed by atoms with van der Waals surface area (Å²) in [5.74, 6) is -3.41. The summed E-state index contributed by atoms with van der Waals surface area (Å²) >= 11 is 5.89. The van der Waals surface area contributed by atoms with Gasteiger partial charge in [0.05, 0.1) is 16.3 Å². The van der Waals surface area contributed by atoms with Crippen LogP contribution in [0.15, 0.2) is 35.1 Å². The third kappa shape index (κ3) is 4.57. The van der Waals surface area contributed by atoms with Crippen LogP contribution in [0.3, 0.4) is 0 Å². The summed E-state index contributed by atoms with van der Waals surface area (Å²) in [4.78, 5) is 25.7. The van der Waals surface area contributed by atoms with E-state index in [1.165, 1.54) is 16.7 Å². The number of halogens is 6. The number of anilines is 1. The minimum atomic E-state index is -4.78. The summed E-state index contributed by atoms with van der Waals surface area (Å²) in [5, 5.41) is 6.16. The highest BCUT2D eigenvalue weighted by Crippen LogP contribution is 2.53. The van der Waals surface area contributed by atoms with Crippen molar-refractivity contribution >= 4 is 23.2 Å². The van der Waals surface area contributed by atoms with Crippen LogP contribution in [0.5, 0.6) is 5.75 Å². The van der Waals surface area contributed by atoms with E-state index in [1.54, 1.807) is 0 Å². The number of amides is 1. The van der Waals surface area contributed by atoms with Gasteiger partial charge in [-0.1, -0.05) is 17.7 Å². The number of carbonyl (C=O) groups is 1. The summed E-state index contributed by atoms with van der Waals surface area (Å²) in [6.45, 7) is -1.40. The van der Waals surface area contributed by atoms with Gasteiger partial charge in [0.25, 0.3) is 5.91 Å². The van der Waals surface area contributed by atoms with Crippen molar-refractivity contribution < 1.29 is 31.5 Å². The first kappa shape index (κ1) is 24.3. The Morgan fingerprint density at radius 2 is 1.92 bits per heavy atom. The number of carbonyl (C=O) groups excluding carboxylic acids is 1. The zero-order valence-electron chi connectivity index (χ0n) is 18.5. The van der Waals surface area contributed by atoms with E-state index in [4.69, 9.17) is 16.3 Å². The lowest BCUT2D eigenvalue weighted by Gasteiger charge is -2.20. The molecule has 3 aromatic rings. The molecule has 1 aliphatic heterocycles. The van der Waals surface area contributed by atoms with Crippen molar-refractivity contribution in [3.8, 4) is 11.4 Å². The normalized spacial score (nSPS) is 16.1. The fraction of sp³-hybridized carbons (Fsp3) is 0.348. The van der Waals surface area contributed by atoms with E-state index < -0.39 is 58.7 Å². The number of fused-ring (bicyclic) bond motifs is 1. The minimum Gasteiger partial charge on any atom is -0.483 e. The molecule has 13 heteroatoms. The van der Waals surface area contributed by atoms with Crippen LogP contribution >= 0.6 is 11.6 Å². The molecule has 0 unspecified atom stereocenters. The van der Waals surface area contributed by atoms with E-state index in [9.17, 15) is 27.2 Å². The first-order chi connectivity index (χ1) is 17.0. The highest BCUT2D eigenvalue weighted by atomic mass is 35.5. The van der Waals surface area contributed by atoms with Gasteiger partial charge in [0.2, 0.25) is 0 Å². The van der Waals surface area contributed by atoms with Crippen molar-refractivity contribution in [1.82, 2.24) is 14.3 Å². The van der Waals surface area contributed by atoms with Crippen LogP contribution in [-0.2, 0) is 13.0 Å². The Morgan fingerprint density at radius 1 is 1.17 bits per heavy atom. The molecule has 1 fully saturated rings. The third-order valence-electron chi connectivity index (χ3n) is 6.41.